The summed E-state index contributed by atoms with van der Waals surface area (Å²) in [4.78, 5) is 24.1. The van der Waals surface area contributed by atoms with Crippen LogP contribution in [-0.4, -0.2) is 43.9 Å². The molecule has 106 valence electrons. The van der Waals surface area contributed by atoms with E-state index in [0.29, 0.717) is 0 Å². The first-order valence-electron chi connectivity index (χ1n) is 5.96. The molecular weight excluding hydrogens is 248 g/mol. The van der Waals surface area contributed by atoms with Gasteiger partial charge in [-0.1, -0.05) is 0 Å². The van der Waals surface area contributed by atoms with Crippen molar-refractivity contribution in [1.29, 1.82) is 0 Å². The number of hydrogen-bond donors (Lipinski definition) is 2. The minimum absolute atomic E-state index is 0.270. The Labute approximate surface area is 112 Å². The summed E-state index contributed by atoms with van der Waals surface area (Å²) < 4.78 is 1.64. The average molecular weight is 268 g/mol. The van der Waals surface area contributed by atoms with Gasteiger partial charge in [-0.25, -0.2) is 4.79 Å². The standard InChI is InChI=1S/C12H20N4O3/c1-12(2,3)16(8-10(17)18)11(19)13-7-9-5-6-15(4)14-9/h5-6H,7-8H2,1-4H3,(H,13,19)(H,17,18). The van der Waals surface area contributed by atoms with Crippen LogP contribution >= 0.6 is 0 Å². The molecule has 1 rings (SSSR count). The van der Waals surface area contributed by atoms with Crippen molar-refractivity contribution in [2.45, 2.75) is 32.9 Å². The van der Waals surface area contributed by atoms with Crippen LogP contribution in [-0.2, 0) is 18.4 Å². The fourth-order valence-electron chi connectivity index (χ4n) is 1.57. The number of aromatic nitrogens is 2. The molecule has 2 amide bonds. The first kappa shape index (κ1) is 15.0. The highest BCUT2D eigenvalue weighted by Crippen LogP contribution is 2.13. The Morgan fingerprint density at radius 1 is 1.47 bits per heavy atom. The number of amides is 2. The molecule has 0 aliphatic heterocycles. The largest absolute Gasteiger partial charge is 0.480 e. The number of urea groups is 1. The zero-order valence-electron chi connectivity index (χ0n) is 11.7. The molecule has 19 heavy (non-hydrogen) atoms. The van der Waals surface area contributed by atoms with Gasteiger partial charge < -0.3 is 15.3 Å². The van der Waals surface area contributed by atoms with Crippen molar-refractivity contribution in [2.75, 3.05) is 6.54 Å². The molecule has 0 spiro atoms. The van der Waals surface area contributed by atoms with Crippen LogP contribution < -0.4 is 5.32 Å². The second-order valence-corrected chi connectivity index (χ2v) is 5.29. The number of carboxylic acid groups (broad SMARTS) is 1. The van der Waals surface area contributed by atoms with E-state index in [1.54, 1.807) is 44.8 Å². The molecule has 0 unspecified atom stereocenters. The molecule has 0 atom stereocenters. The molecule has 0 saturated heterocycles. The fraction of sp³-hybridized carbons (Fsp3) is 0.583. The third-order valence-corrected chi connectivity index (χ3v) is 2.54. The summed E-state index contributed by atoms with van der Waals surface area (Å²) >= 11 is 0. The maximum atomic E-state index is 12.0. The van der Waals surface area contributed by atoms with Crippen molar-refractivity contribution in [1.82, 2.24) is 20.0 Å². The lowest BCUT2D eigenvalue weighted by atomic mass is 10.1. The SMILES string of the molecule is Cn1ccc(CNC(=O)N(CC(=O)O)C(C)(C)C)n1. The van der Waals surface area contributed by atoms with Gasteiger partial charge in [0.2, 0.25) is 0 Å². The van der Waals surface area contributed by atoms with Crippen LogP contribution in [0.2, 0.25) is 0 Å². The Morgan fingerprint density at radius 3 is 2.53 bits per heavy atom. The first-order chi connectivity index (χ1) is 8.70. The van der Waals surface area contributed by atoms with Crippen LogP contribution in [0.15, 0.2) is 12.3 Å². The van der Waals surface area contributed by atoms with E-state index < -0.39 is 17.5 Å². The van der Waals surface area contributed by atoms with Crippen molar-refractivity contribution in [3.05, 3.63) is 18.0 Å². The van der Waals surface area contributed by atoms with Crippen LogP contribution in [0.5, 0.6) is 0 Å². The molecule has 1 aromatic heterocycles. The summed E-state index contributed by atoms with van der Waals surface area (Å²) in [7, 11) is 1.79. The quantitative estimate of drug-likeness (QED) is 0.846. The molecular formula is C12H20N4O3. The number of carbonyl (C=O) groups excluding carboxylic acids is 1. The Bertz CT molecular complexity index is 462. The lowest BCUT2D eigenvalue weighted by Gasteiger charge is -2.34. The van der Waals surface area contributed by atoms with Crippen LogP contribution in [0.3, 0.4) is 0 Å². The summed E-state index contributed by atoms with van der Waals surface area (Å²) in [5.41, 5.74) is 0.159. The third-order valence-electron chi connectivity index (χ3n) is 2.54. The van der Waals surface area contributed by atoms with E-state index in [-0.39, 0.29) is 13.1 Å². The maximum absolute atomic E-state index is 12.0. The van der Waals surface area contributed by atoms with Gasteiger partial charge in [0.25, 0.3) is 0 Å². The molecule has 0 bridgehead atoms. The zero-order chi connectivity index (χ0) is 14.6. The van der Waals surface area contributed by atoms with Crippen LogP contribution in [0.25, 0.3) is 0 Å². The molecule has 2 N–H and O–H groups in total. The van der Waals surface area contributed by atoms with Gasteiger partial charge in [0.1, 0.15) is 6.54 Å². The highest BCUT2D eigenvalue weighted by atomic mass is 16.4. The number of aryl methyl sites for hydroxylation is 1. The summed E-state index contributed by atoms with van der Waals surface area (Å²) in [6.07, 6.45) is 1.78. The van der Waals surface area contributed by atoms with Gasteiger partial charge in [0.15, 0.2) is 0 Å². The second-order valence-electron chi connectivity index (χ2n) is 5.29. The van der Waals surface area contributed by atoms with E-state index in [0.717, 1.165) is 5.69 Å². The Balaban J connectivity index is 2.64. The van der Waals surface area contributed by atoms with Crippen LogP contribution in [0, 0.1) is 0 Å². The summed E-state index contributed by atoms with van der Waals surface area (Å²) in [6, 6.07) is 1.37. The molecule has 1 heterocycles. The predicted octanol–water partition coefficient (Wildman–Crippen LogP) is 0.815. The maximum Gasteiger partial charge on any atom is 0.323 e. The highest BCUT2D eigenvalue weighted by Gasteiger charge is 2.28. The number of hydrogen-bond acceptors (Lipinski definition) is 3. The Hall–Kier alpha value is -2.05. The summed E-state index contributed by atoms with van der Waals surface area (Å²) in [6.45, 7) is 5.30. The molecule has 0 radical (unpaired) electrons. The van der Waals surface area contributed by atoms with E-state index in [9.17, 15) is 9.59 Å². The van der Waals surface area contributed by atoms with E-state index in [4.69, 9.17) is 5.11 Å². The van der Waals surface area contributed by atoms with E-state index >= 15 is 0 Å². The minimum atomic E-state index is -1.04. The van der Waals surface area contributed by atoms with Crippen molar-refractivity contribution in [2.24, 2.45) is 7.05 Å². The van der Waals surface area contributed by atoms with Gasteiger partial charge >= 0.3 is 12.0 Å². The molecule has 7 nitrogen and oxygen atoms in total. The van der Waals surface area contributed by atoms with Crippen molar-refractivity contribution in [3.63, 3.8) is 0 Å². The lowest BCUT2D eigenvalue weighted by molar-refractivity contribution is -0.138. The zero-order valence-corrected chi connectivity index (χ0v) is 11.7. The predicted molar refractivity (Wildman–Crippen MR) is 69.5 cm³/mol. The van der Waals surface area contributed by atoms with Crippen molar-refractivity contribution in [3.8, 4) is 0 Å². The van der Waals surface area contributed by atoms with Gasteiger partial charge in [-0.2, -0.15) is 5.10 Å². The van der Waals surface area contributed by atoms with Gasteiger partial charge in [0.05, 0.1) is 12.2 Å². The number of nitrogens with zero attached hydrogens (tertiary/aromatic N) is 3. The van der Waals surface area contributed by atoms with E-state index in [1.165, 1.54) is 4.90 Å². The van der Waals surface area contributed by atoms with Gasteiger partial charge in [0, 0.05) is 18.8 Å². The first-order valence-corrected chi connectivity index (χ1v) is 5.96. The minimum Gasteiger partial charge on any atom is -0.480 e. The number of aliphatic carboxylic acids is 1. The monoisotopic (exact) mass is 268 g/mol. The van der Waals surface area contributed by atoms with Crippen molar-refractivity contribution < 1.29 is 14.7 Å². The molecule has 0 aliphatic carbocycles. The molecule has 1 aromatic rings. The van der Waals surface area contributed by atoms with E-state index in [2.05, 4.69) is 10.4 Å². The molecule has 0 fully saturated rings. The van der Waals surface area contributed by atoms with E-state index in [1.807, 2.05) is 0 Å². The topological polar surface area (TPSA) is 87.5 Å². The molecule has 0 aromatic carbocycles. The molecule has 7 heteroatoms. The van der Waals surface area contributed by atoms with Gasteiger partial charge in [-0.05, 0) is 26.8 Å². The number of carbonyl (C=O) groups is 2. The fourth-order valence-corrected chi connectivity index (χ4v) is 1.57. The molecule has 0 saturated carbocycles. The normalized spacial score (nSPS) is 11.2. The smallest absolute Gasteiger partial charge is 0.323 e. The number of rotatable bonds is 4. The summed E-state index contributed by atoms with van der Waals surface area (Å²) in [5, 5.41) is 15.7. The lowest BCUT2D eigenvalue weighted by Crippen LogP contribution is -2.52. The van der Waals surface area contributed by atoms with Gasteiger partial charge in [-0.15, -0.1) is 0 Å². The van der Waals surface area contributed by atoms with Crippen LogP contribution in [0.1, 0.15) is 26.5 Å². The van der Waals surface area contributed by atoms with Crippen LogP contribution in [0.4, 0.5) is 4.79 Å². The number of carboxylic acids is 1. The second kappa shape index (κ2) is 5.73. The average Bonchev–Trinajstić information content (AvgIpc) is 2.67. The number of nitrogens with one attached hydrogen (secondary N) is 1. The van der Waals surface area contributed by atoms with Crippen molar-refractivity contribution >= 4 is 12.0 Å². The van der Waals surface area contributed by atoms with Gasteiger partial charge in [-0.3, -0.25) is 9.48 Å². The Morgan fingerprint density at radius 2 is 2.11 bits per heavy atom. The third kappa shape index (κ3) is 4.61. The summed E-state index contributed by atoms with van der Waals surface area (Å²) in [5.74, 6) is -1.04. The highest BCUT2D eigenvalue weighted by molar-refractivity contribution is 5.80. The molecule has 0 aliphatic rings. The Kier molecular flexibility index (Phi) is 4.52.